The highest BCUT2D eigenvalue weighted by Crippen LogP contribution is 2.15. The lowest BCUT2D eigenvalue weighted by Crippen LogP contribution is -2.18. The van der Waals surface area contributed by atoms with E-state index in [1.165, 1.54) is 22.3 Å². The molecule has 0 saturated heterocycles. The van der Waals surface area contributed by atoms with Gasteiger partial charge in [0.2, 0.25) is 0 Å². The van der Waals surface area contributed by atoms with Gasteiger partial charge in [0.05, 0.1) is 6.33 Å². The van der Waals surface area contributed by atoms with E-state index in [1.807, 2.05) is 18.7 Å². The first-order valence-electron chi connectivity index (χ1n) is 8.04. The van der Waals surface area contributed by atoms with Crippen molar-refractivity contribution in [1.82, 2.24) is 14.9 Å². The molecule has 1 aromatic heterocycles. The summed E-state index contributed by atoms with van der Waals surface area (Å²) in [4.78, 5) is 4.07. The Morgan fingerprint density at radius 1 is 1.09 bits per heavy atom. The third-order valence-corrected chi connectivity index (χ3v) is 4.10. The lowest BCUT2D eigenvalue weighted by molar-refractivity contribution is 0.574. The van der Waals surface area contributed by atoms with Gasteiger partial charge in [0.1, 0.15) is 0 Å². The molecule has 0 aliphatic rings. The number of aryl methyl sites for hydroxylation is 1. The molecule has 2 aromatic carbocycles. The van der Waals surface area contributed by atoms with Crippen LogP contribution in [-0.4, -0.2) is 9.55 Å². The van der Waals surface area contributed by atoms with E-state index >= 15 is 0 Å². The molecule has 0 fully saturated rings. The van der Waals surface area contributed by atoms with E-state index < -0.39 is 0 Å². The van der Waals surface area contributed by atoms with Crippen LogP contribution in [0, 0.1) is 6.92 Å². The molecule has 1 atom stereocenters. The van der Waals surface area contributed by atoms with Gasteiger partial charge < -0.3 is 9.88 Å². The number of rotatable bonds is 6. The normalized spacial score (nSPS) is 12.3. The molecule has 1 unspecified atom stereocenters. The quantitative estimate of drug-likeness (QED) is 0.743. The Morgan fingerprint density at radius 3 is 2.57 bits per heavy atom. The maximum Gasteiger partial charge on any atom is 0.0949 e. The second-order valence-electron chi connectivity index (χ2n) is 6.07. The molecular formula is C20H23N3. The number of aromatic nitrogens is 2. The van der Waals surface area contributed by atoms with Crippen LogP contribution in [0.1, 0.15) is 35.2 Å². The summed E-state index contributed by atoms with van der Waals surface area (Å²) < 4.78 is 2.08. The number of nitrogens with zero attached hydrogens (tertiary/aromatic N) is 2. The third-order valence-electron chi connectivity index (χ3n) is 4.10. The fraction of sp³-hybridized carbons (Fsp3) is 0.250. The van der Waals surface area contributed by atoms with Crippen molar-refractivity contribution in [2.24, 2.45) is 0 Å². The number of benzene rings is 2. The summed E-state index contributed by atoms with van der Waals surface area (Å²) in [5.41, 5.74) is 5.24. The van der Waals surface area contributed by atoms with Crippen molar-refractivity contribution in [3.05, 3.63) is 89.5 Å². The Morgan fingerprint density at radius 2 is 1.87 bits per heavy atom. The lowest BCUT2D eigenvalue weighted by Gasteiger charge is -2.15. The van der Waals surface area contributed by atoms with Gasteiger partial charge in [-0.3, -0.25) is 0 Å². The maximum atomic E-state index is 4.07. The van der Waals surface area contributed by atoms with Crippen LogP contribution in [0.4, 0.5) is 0 Å². The second-order valence-corrected chi connectivity index (χ2v) is 6.07. The van der Waals surface area contributed by atoms with Crippen molar-refractivity contribution in [3.63, 3.8) is 0 Å². The molecule has 1 heterocycles. The summed E-state index contributed by atoms with van der Waals surface area (Å²) in [5, 5.41) is 3.59. The van der Waals surface area contributed by atoms with Crippen molar-refractivity contribution in [3.8, 4) is 0 Å². The van der Waals surface area contributed by atoms with Gasteiger partial charge in [-0.15, -0.1) is 0 Å². The van der Waals surface area contributed by atoms with Crippen LogP contribution in [0.5, 0.6) is 0 Å². The smallest absolute Gasteiger partial charge is 0.0949 e. The first kappa shape index (κ1) is 15.5. The van der Waals surface area contributed by atoms with Gasteiger partial charge in [-0.05, 0) is 30.5 Å². The minimum absolute atomic E-state index is 0.348. The summed E-state index contributed by atoms with van der Waals surface area (Å²) in [6.45, 7) is 6.09. The van der Waals surface area contributed by atoms with Crippen LogP contribution >= 0.6 is 0 Å². The molecule has 1 N–H and O–H groups in total. The Hall–Kier alpha value is -2.39. The molecule has 0 spiro atoms. The fourth-order valence-corrected chi connectivity index (χ4v) is 2.68. The molecule has 0 aliphatic carbocycles. The van der Waals surface area contributed by atoms with E-state index in [2.05, 4.69) is 77.2 Å². The van der Waals surface area contributed by atoms with Gasteiger partial charge in [-0.1, -0.05) is 54.1 Å². The molecule has 0 saturated carbocycles. The SMILES string of the molecule is Cc1cccc(C(C)NCc2ccc(Cn3ccnc3)cc2)c1. The van der Waals surface area contributed by atoms with Gasteiger partial charge in [-0.25, -0.2) is 4.98 Å². The molecule has 3 nitrogen and oxygen atoms in total. The first-order chi connectivity index (χ1) is 11.2. The predicted octanol–water partition coefficient (Wildman–Crippen LogP) is 4.09. The summed E-state index contributed by atoms with van der Waals surface area (Å²) in [6, 6.07) is 17.8. The average molecular weight is 305 g/mol. The fourth-order valence-electron chi connectivity index (χ4n) is 2.68. The largest absolute Gasteiger partial charge is 0.333 e. The third kappa shape index (κ3) is 4.30. The van der Waals surface area contributed by atoms with E-state index in [9.17, 15) is 0 Å². The summed E-state index contributed by atoms with van der Waals surface area (Å²) in [5.74, 6) is 0. The van der Waals surface area contributed by atoms with E-state index in [0.29, 0.717) is 6.04 Å². The topological polar surface area (TPSA) is 29.9 Å². The zero-order valence-electron chi connectivity index (χ0n) is 13.7. The number of imidazole rings is 1. The van der Waals surface area contributed by atoms with Crippen molar-refractivity contribution in [2.75, 3.05) is 0 Å². The van der Waals surface area contributed by atoms with Gasteiger partial charge in [-0.2, -0.15) is 0 Å². The molecule has 3 rings (SSSR count). The Bertz CT molecular complexity index is 730. The number of hydrogen-bond donors (Lipinski definition) is 1. The highest BCUT2D eigenvalue weighted by molar-refractivity contribution is 5.26. The molecule has 23 heavy (non-hydrogen) atoms. The van der Waals surface area contributed by atoms with Gasteiger partial charge in [0.25, 0.3) is 0 Å². The summed E-state index contributed by atoms with van der Waals surface area (Å²) >= 11 is 0. The first-order valence-corrected chi connectivity index (χ1v) is 8.04. The van der Waals surface area contributed by atoms with Crippen LogP contribution in [0.15, 0.2) is 67.3 Å². The Kier molecular flexibility index (Phi) is 4.89. The Balaban J connectivity index is 1.56. The highest BCUT2D eigenvalue weighted by atomic mass is 15.0. The molecule has 118 valence electrons. The van der Waals surface area contributed by atoms with Gasteiger partial charge in [0.15, 0.2) is 0 Å². The van der Waals surface area contributed by atoms with Crippen LogP contribution in [0.3, 0.4) is 0 Å². The van der Waals surface area contributed by atoms with Gasteiger partial charge >= 0.3 is 0 Å². The molecule has 3 aromatic rings. The van der Waals surface area contributed by atoms with E-state index in [-0.39, 0.29) is 0 Å². The van der Waals surface area contributed by atoms with E-state index in [4.69, 9.17) is 0 Å². The van der Waals surface area contributed by atoms with Crippen molar-refractivity contribution in [1.29, 1.82) is 0 Å². The molecule has 0 amide bonds. The van der Waals surface area contributed by atoms with Crippen molar-refractivity contribution < 1.29 is 0 Å². The second kappa shape index (κ2) is 7.25. The summed E-state index contributed by atoms with van der Waals surface area (Å²) in [6.07, 6.45) is 5.64. The minimum Gasteiger partial charge on any atom is -0.333 e. The highest BCUT2D eigenvalue weighted by Gasteiger charge is 2.05. The maximum absolute atomic E-state index is 4.07. The molecule has 0 aliphatic heterocycles. The van der Waals surface area contributed by atoms with Crippen LogP contribution in [-0.2, 0) is 13.1 Å². The molecule has 3 heteroatoms. The standard InChI is InChI=1S/C20H23N3/c1-16-4-3-5-20(12-16)17(2)22-13-18-6-8-19(9-7-18)14-23-11-10-21-15-23/h3-12,15,17,22H,13-14H2,1-2H3. The van der Waals surface area contributed by atoms with Crippen molar-refractivity contribution >= 4 is 0 Å². The summed E-state index contributed by atoms with van der Waals surface area (Å²) in [7, 11) is 0. The van der Waals surface area contributed by atoms with E-state index in [0.717, 1.165) is 13.1 Å². The molecule has 0 bridgehead atoms. The molecule has 0 radical (unpaired) electrons. The minimum atomic E-state index is 0.348. The monoisotopic (exact) mass is 305 g/mol. The van der Waals surface area contributed by atoms with Gasteiger partial charge in [0, 0.05) is 31.5 Å². The Labute approximate surface area is 138 Å². The average Bonchev–Trinajstić information content (AvgIpc) is 3.07. The zero-order chi connectivity index (χ0) is 16.1. The zero-order valence-corrected chi connectivity index (χ0v) is 13.7. The van der Waals surface area contributed by atoms with Crippen LogP contribution in [0.2, 0.25) is 0 Å². The molecular weight excluding hydrogens is 282 g/mol. The van der Waals surface area contributed by atoms with Crippen LogP contribution in [0.25, 0.3) is 0 Å². The number of nitrogens with one attached hydrogen (secondary N) is 1. The predicted molar refractivity (Wildman–Crippen MR) is 94.2 cm³/mol. The van der Waals surface area contributed by atoms with E-state index in [1.54, 1.807) is 0 Å². The van der Waals surface area contributed by atoms with Crippen LogP contribution < -0.4 is 5.32 Å². The van der Waals surface area contributed by atoms with Crippen molar-refractivity contribution in [2.45, 2.75) is 33.0 Å². The number of hydrogen-bond acceptors (Lipinski definition) is 2. The lowest BCUT2D eigenvalue weighted by atomic mass is 10.1.